The lowest BCUT2D eigenvalue weighted by Crippen LogP contribution is -1.83. The fraction of sp³-hybridized carbons (Fsp3) is 0. The monoisotopic (exact) mass is 222 g/mol. The minimum atomic E-state index is -0.626. The Balaban J connectivity index is 2.58. The molecule has 2 rings (SSSR count). The number of rotatable bonds is 1. The average Bonchev–Trinajstić information content (AvgIpc) is 2.15. The normalized spacial score (nSPS) is 10.4. The van der Waals surface area contributed by atoms with E-state index in [0.717, 1.165) is 24.3 Å². The molecule has 0 aliphatic rings. The lowest BCUT2D eigenvalue weighted by atomic mass is 10.0. The highest BCUT2D eigenvalue weighted by Crippen LogP contribution is 2.32. The summed E-state index contributed by atoms with van der Waals surface area (Å²) in [5.74, 6) is -1.76. The van der Waals surface area contributed by atoms with E-state index in [0.29, 0.717) is 0 Å². The smallest absolute Gasteiger partial charge is 0.127 e. The summed E-state index contributed by atoms with van der Waals surface area (Å²) in [5.41, 5.74) is 0.547. The Kier molecular flexibility index (Phi) is 2.48. The summed E-state index contributed by atoms with van der Waals surface area (Å²) in [6.45, 7) is 0. The van der Waals surface area contributed by atoms with Gasteiger partial charge in [0, 0.05) is 17.7 Å². The van der Waals surface area contributed by atoms with Gasteiger partial charge in [0.15, 0.2) is 0 Å². The molecule has 2 N–H and O–H groups in total. The zero-order valence-electron chi connectivity index (χ0n) is 8.11. The van der Waals surface area contributed by atoms with Gasteiger partial charge in [0.1, 0.15) is 23.1 Å². The maximum absolute atomic E-state index is 13.0. The van der Waals surface area contributed by atoms with Crippen LogP contribution in [0.3, 0.4) is 0 Å². The van der Waals surface area contributed by atoms with Crippen molar-refractivity contribution in [2.75, 3.05) is 0 Å². The molecule has 0 radical (unpaired) electrons. The van der Waals surface area contributed by atoms with Crippen molar-refractivity contribution in [3.63, 3.8) is 0 Å². The molecule has 0 amide bonds. The van der Waals surface area contributed by atoms with Gasteiger partial charge in [0.05, 0.1) is 0 Å². The van der Waals surface area contributed by atoms with Crippen molar-refractivity contribution in [2.24, 2.45) is 0 Å². The van der Waals surface area contributed by atoms with Crippen LogP contribution >= 0.6 is 0 Å². The van der Waals surface area contributed by atoms with E-state index >= 15 is 0 Å². The number of phenolic OH excluding ortho intramolecular Hbond substituents is 2. The van der Waals surface area contributed by atoms with Gasteiger partial charge in [-0.3, -0.25) is 0 Å². The van der Waals surface area contributed by atoms with Gasteiger partial charge in [-0.1, -0.05) is 0 Å². The summed E-state index contributed by atoms with van der Waals surface area (Å²) in [7, 11) is 0. The van der Waals surface area contributed by atoms with Crippen LogP contribution in [-0.4, -0.2) is 10.2 Å². The van der Waals surface area contributed by atoms with Crippen LogP contribution in [0.2, 0.25) is 0 Å². The van der Waals surface area contributed by atoms with E-state index in [1.807, 2.05) is 0 Å². The van der Waals surface area contributed by atoms with E-state index in [1.54, 1.807) is 0 Å². The van der Waals surface area contributed by atoms with Crippen molar-refractivity contribution < 1.29 is 19.0 Å². The quantitative estimate of drug-likeness (QED) is 0.778. The maximum atomic E-state index is 13.0. The van der Waals surface area contributed by atoms with Gasteiger partial charge >= 0.3 is 0 Å². The molecule has 2 nitrogen and oxygen atoms in total. The van der Waals surface area contributed by atoms with Crippen LogP contribution in [0, 0.1) is 11.6 Å². The molecule has 0 aliphatic heterocycles. The number of aromatic hydroxyl groups is 2. The second kappa shape index (κ2) is 3.81. The van der Waals surface area contributed by atoms with Crippen LogP contribution < -0.4 is 0 Å². The van der Waals surface area contributed by atoms with Gasteiger partial charge in [0.2, 0.25) is 0 Å². The van der Waals surface area contributed by atoms with Crippen LogP contribution in [0.4, 0.5) is 8.78 Å². The lowest BCUT2D eigenvalue weighted by Gasteiger charge is -2.05. The van der Waals surface area contributed by atoms with Crippen LogP contribution in [-0.2, 0) is 0 Å². The van der Waals surface area contributed by atoms with E-state index in [2.05, 4.69) is 0 Å². The van der Waals surface area contributed by atoms with Crippen LogP contribution in [0.5, 0.6) is 11.5 Å². The standard InChI is InChI=1S/C12H8F2O2/c13-8-1-2-11(12(16)6-8)7-3-9(14)5-10(15)4-7/h1-6,15-16H. The highest BCUT2D eigenvalue weighted by Gasteiger charge is 2.08. The van der Waals surface area contributed by atoms with Gasteiger partial charge in [-0.25, -0.2) is 8.78 Å². The molecule has 2 aromatic rings. The Bertz CT molecular complexity index is 518. The van der Waals surface area contributed by atoms with Crippen molar-refractivity contribution in [3.05, 3.63) is 48.0 Å². The van der Waals surface area contributed by atoms with Gasteiger partial charge < -0.3 is 10.2 Å². The third kappa shape index (κ3) is 1.95. The first-order chi connectivity index (χ1) is 7.56. The Morgan fingerprint density at radius 3 is 2.19 bits per heavy atom. The SMILES string of the molecule is Oc1cc(F)cc(-c2ccc(F)cc2O)c1. The largest absolute Gasteiger partial charge is 0.508 e. The van der Waals surface area contributed by atoms with Gasteiger partial charge in [-0.15, -0.1) is 0 Å². The number of benzene rings is 2. The molecule has 0 atom stereocenters. The molecule has 0 fully saturated rings. The molecule has 82 valence electrons. The summed E-state index contributed by atoms with van der Waals surface area (Å²) in [6.07, 6.45) is 0. The van der Waals surface area contributed by atoms with Gasteiger partial charge in [0.25, 0.3) is 0 Å². The van der Waals surface area contributed by atoms with Crippen molar-refractivity contribution >= 4 is 0 Å². The first kappa shape index (κ1) is 10.4. The predicted molar refractivity (Wildman–Crippen MR) is 55.1 cm³/mol. The molecular weight excluding hydrogens is 214 g/mol. The second-order valence-electron chi connectivity index (χ2n) is 3.36. The van der Waals surface area contributed by atoms with Crippen molar-refractivity contribution in [1.29, 1.82) is 0 Å². The first-order valence-electron chi connectivity index (χ1n) is 4.55. The molecule has 0 saturated heterocycles. The van der Waals surface area contributed by atoms with Crippen LogP contribution in [0.25, 0.3) is 11.1 Å². The molecule has 0 aromatic heterocycles. The van der Waals surface area contributed by atoms with E-state index < -0.39 is 11.6 Å². The van der Waals surface area contributed by atoms with E-state index in [1.165, 1.54) is 12.1 Å². The van der Waals surface area contributed by atoms with E-state index in [4.69, 9.17) is 0 Å². The highest BCUT2D eigenvalue weighted by atomic mass is 19.1. The fourth-order valence-electron chi connectivity index (χ4n) is 1.48. The molecule has 16 heavy (non-hydrogen) atoms. The highest BCUT2D eigenvalue weighted by molar-refractivity contribution is 5.71. The average molecular weight is 222 g/mol. The summed E-state index contributed by atoms with van der Waals surface area (Å²) >= 11 is 0. The van der Waals surface area contributed by atoms with E-state index in [9.17, 15) is 19.0 Å². The predicted octanol–water partition coefficient (Wildman–Crippen LogP) is 3.04. The summed E-state index contributed by atoms with van der Waals surface area (Å²) in [4.78, 5) is 0. The van der Waals surface area contributed by atoms with Crippen molar-refractivity contribution in [2.45, 2.75) is 0 Å². The number of halogens is 2. The molecule has 0 heterocycles. The van der Waals surface area contributed by atoms with E-state index in [-0.39, 0.29) is 22.6 Å². The first-order valence-corrected chi connectivity index (χ1v) is 4.55. The molecule has 0 aliphatic carbocycles. The van der Waals surface area contributed by atoms with Gasteiger partial charge in [-0.2, -0.15) is 0 Å². The maximum Gasteiger partial charge on any atom is 0.127 e. The topological polar surface area (TPSA) is 40.5 Å². The minimum Gasteiger partial charge on any atom is -0.508 e. The van der Waals surface area contributed by atoms with Crippen LogP contribution in [0.1, 0.15) is 0 Å². The molecule has 0 unspecified atom stereocenters. The molecule has 2 aromatic carbocycles. The third-order valence-corrected chi connectivity index (χ3v) is 2.15. The number of hydrogen-bond acceptors (Lipinski definition) is 2. The Hall–Kier alpha value is -2.10. The van der Waals surface area contributed by atoms with Crippen molar-refractivity contribution in [3.8, 4) is 22.6 Å². The Morgan fingerprint density at radius 1 is 0.812 bits per heavy atom. The second-order valence-corrected chi connectivity index (χ2v) is 3.36. The molecule has 0 bridgehead atoms. The Morgan fingerprint density at radius 2 is 1.56 bits per heavy atom. The molecule has 4 heteroatoms. The summed E-state index contributed by atoms with van der Waals surface area (Å²) in [5, 5.41) is 18.7. The number of phenols is 2. The number of hydrogen-bond donors (Lipinski definition) is 2. The third-order valence-electron chi connectivity index (χ3n) is 2.15. The van der Waals surface area contributed by atoms with Crippen LogP contribution in [0.15, 0.2) is 36.4 Å². The van der Waals surface area contributed by atoms with Crippen molar-refractivity contribution in [1.82, 2.24) is 0 Å². The molecular formula is C12H8F2O2. The van der Waals surface area contributed by atoms with Gasteiger partial charge in [-0.05, 0) is 29.8 Å². The minimum absolute atomic E-state index is 0.251. The lowest BCUT2D eigenvalue weighted by molar-refractivity contribution is 0.468. The summed E-state index contributed by atoms with van der Waals surface area (Å²) in [6, 6.07) is 6.78. The molecule has 0 spiro atoms. The fourth-order valence-corrected chi connectivity index (χ4v) is 1.48. The summed E-state index contributed by atoms with van der Waals surface area (Å²) < 4.78 is 25.7. The Labute approximate surface area is 90.4 Å². The zero-order valence-corrected chi connectivity index (χ0v) is 8.11. The molecule has 0 saturated carbocycles. The zero-order chi connectivity index (χ0) is 11.7.